The normalized spacial score (nSPS) is 12.6. The van der Waals surface area contributed by atoms with E-state index in [2.05, 4.69) is 106 Å². The van der Waals surface area contributed by atoms with E-state index in [1.165, 1.54) is 173 Å². The summed E-state index contributed by atoms with van der Waals surface area (Å²) in [7, 11) is 0. The molecule has 0 amide bonds. The second-order valence-electron chi connectivity index (χ2n) is 21.3. The number of carbonyl (C=O) groups excluding carboxylic acids is 3. The molecule has 0 radical (unpaired) electrons. The summed E-state index contributed by atoms with van der Waals surface area (Å²) in [6.07, 6.45) is 83.0. The van der Waals surface area contributed by atoms with Crippen LogP contribution >= 0.6 is 0 Å². The summed E-state index contributed by atoms with van der Waals surface area (Å²) in [6.45, 7) is 6.52. The van der Waals surface area contributed by atoms with Crippen LogP contribution in [-0.4, -0.2) is 37.2 Å². The van der Waals surface area contributed by atoms with E-state index in [9.17, 15) is 14.4 Å². The van der Waals surface area contributed by atoms with Crippen LogP contribution in [0.3, 0.4) is 0 Å². The van der Waals surface area contributed by atoms with Crippen LogP contribution in [0.1, 0.15) is 316 Å². The van der Waals surface area contributed by atoms with Crippen molar-refractivity contribution in [3.63, 3.8) is 0 Å². The molecule has 432 valence electrons. The number of carbonyl (C=O) groups is 3. The Morgan fingerprint density at radius 2 is 0.520 bits per heavy atom. The molecule has 0 rings (SSSR count). The SMILES string of the molecule is CC/C=C\C/C=C\C/C=C\C/C=C\CCCCCCCCCCC(=O)OC(COC(=O)CCCCCCC/C=C\CCCCCC)COC(=O)CCCCCCCCCCCCC/C=C\C/C=C\CCCCCCC. The monoisotopic (exact) mass is 1040 g/mol. The van der Waals surface area contributed by atoms with Gasteiger partial charge in [0.2, 0.25) is 0 Å². The molecule has 0 aromatic carbocycles. The Morgan fingerprint density at radius 3 is 0.840 bits per heavy atom. The molecule has 0 bridgehead atoms. The minimum Gasteiger partial charge on any atom is -0.462 e. The van der Waals surface area contributed by atoms with Crippen molar-refractivity contribution in [2.24, 2.45) is 0 Å². The van der Waals surface area contributed by atoms with Gasteiger partial charge in [0.15, 0.2) is 6.10 Å². The highest BCUT2D eigenvalue weighted by Gasteiger charge is 2.19. The lowest BCUT2D eigenvalue weighted by Gasteiger charge is -2.18. The van der Waals surface area contributed by atoms with Crippen molar-refractivity contribution in [1.29, 1.82) is 0 Å². The van der Waals surface area contributed by atoms with Gasteiger partial charge in [-0.05, 0) is 116 Å². The van der Waals surface area contributed by atoms with Gasteiger partial charge in [-0.25, -0.2) is 0 Å². The van der Waals surface area contributed by atoms with E-state index >= 15 is 0 Å². The van der Waals surface area contributed by atoms with E-state index < -0.39 is 6.10 Å². The molecular formula is C69H120O6. The second kappa shape index (κ2) is 63.1. The van der Waals surface area contributed by atoms with Crippen molar-refractivity contribution in [1.82, 2.24) is 0 Å². The number of ether oxygens (including phenoxy) is 3. The molecule has 0 aliphatic heterocycles. The molecule has 0 aromatic heterocycles. The molecule has 0 spiro atoms. The van der Waals surface area contributed by atoms with Crippen LogP contribution in [0.2, 0.25) is 0 Å². The first-order chi connectivity index (χ1) is 37.0. The fourth-order valence-electron chi connectivity index (χ4n) is 9.05. The predicted octanol–water partition coefficient (Wildman–Crippen LogP) is 21.9. The van der Waals surface area contributed by atoms with Gasteiger partial charge in [0, 0.05) is 19.3 Å². The molecule has 0 aliphatic carbocycles. The third-order valence-corrected chi connectivity index (χ3v) is 13.9. The average Bonchev–Trinajstić information content (AvgIpc) is 3.41. The number of hydrogen-bond donors (Lipinski definition) is 0. The molecule has 1 unspecified atom stereocenters. The van der Waals surface area contributed by atoms with Crippen molar-refractivity contribution in [3.8, 4) is 0 Å². The van der Waals surface area contributed by atoms with Gasteiger partial charge < -0.3 is 14.2 Å². The standard InChI is InChI=1S/C69H120O6/c1-4-7-10-13-16-19-22-25-27-29-31-33-34-36-37-39-41-44-47-50-53-56-59-62-68(71)74-65-66(64-73-67(70)61-58-55-52-49-46-43-24-21-18-15-12-9-6-3)75-69(72)63-60-57-54-51-48-45-42-40-38-35-32-30-28-26-23-20-17-14-11-8-5-2/h8,11,17,20-22,24-26,28-29,31-32,35,66H,4-7,9-10,12-16,18-19,23,27,30,33-34,36-65H2,1-3H3/b11-8-,20-17-,24-21-,25-22-,28-26-,31-29-,35-32-. The maximum absolute atomic E-state index is 12.9. The first kappa shape index (κ1) is 71.6. The maximum Gasteiger partial charge on any atom is 0.306 e. The lowest BCUT2D eigenvalue weighted by molar-refractivity contribution is -0.167. The average molecular weight is 1050 g/mol. The van der Waals surface area contributed by atoms with E-state index in [1.54, 1.807) is 0 Å². The Kier molecular flexibility index (Phi) is 60.3. The lowest BCUT2D eigenvalue weighted by Crippen LogP contribution is -2.30. The second-order valence-corrected chi connectivity index (χ2v) is 21.3. The predicted molar refractivity (Wildman–Crippen MR) is 325 cm³/mol. The third-order valence-electron chi connectivity index (χ3n) is 13.9. The zero-order valence-electron chi connectivity index (χ0n) is 49.6. The molecule has 6 heteroatoms. The molecule has 0 N–H and O–H groups in total. The van der Waals surface area contributed by atoms with Crippen LogP contribution in [0.25, 0.3) is 0 Å². The van der Waals surface area contributed by atoms with Crippen LogP contribution in [0.15, 0.2) is 85.1 Å². The summed E-state index contributed by atoms with van der Waals surface area (Å²) in [5.41, 5.74) is 0. The summed E-state index contributed by atoms with van der Waals surface area (Å²) < 4.78 is 16.9. The van der Waals surface area contributed by atoms with Gasteiger partial charge in [-0.1, -0.05) is 266 Å². The summed E-state index contributed by atoms with van der Waals surface area (Å²) >= 11 is 0. The molecule has 0 saturated heterocycles. The van der Waals surface area contributed by atoms with Gasteiger partial charge in [-0.2, -0.15) is 0 Å². The van der Waals surface area contributed by atoms with E-state index in [0.29, 0.717) is 19.3 Å². The Hall–Kier alpha value is -3.41. The van der Waals surface area contributed by atoms with Crippen molar-refractivity contribution in [2.45, 2.75) is 322 Å². The number of unbranched alkanes of at least 4 members (excludes halogenated alkanes) is 33. The van der Waals surface area contributed by atoms with Gasteiger partial charge in [-0.3, -0.25) is 14.4 Å². The zero-order chi connectivity index (χ0) is 54.3. The molecule has 0 fully saturated rings. The topological polar surface area (TPSA) is 78.9 Å². The highest BCUT2D eigenvalue weighted by atomic mass is 16.6. The van der Waals surface area contributed by atoms with E-state index in [4.69, 9.17) is 14.2 Å². The molecule has 0 heterocycles. The summed E-state index contributed by atoms with van der Waals surface area (Å²) in [4.78, 5) is 38.3. The summed E-state index contributed by atoms with van der Waals surface area (Å²) in [5, 5.41) is 0. The largest absolute Gasteiger partial charge is 0.462 e. The summed E-state index contributed by atoms with van der Waals surface area (Å²) in [6, 6.07) is 0. The Bertz CT molecular complexity index is 1430. The van der Waals surface area contributed by atoms with Crippen LogP contribution in [0.4, 0.5) is 0 Å². The first-order valence-electron chi connectivity index (χ1n) is 32.1. The number of esters is 3. The van der Waals surface area contributed by atoms with Gasteiger partial charge in [0.1, 0.15) is 13.2 Å². The fourth-order valence-corrected chi connectivity index (χ4v) is 9.05. The lowest BCUT2D eigenvalue weighted by atomic mass is 10.0. The molecule has 6 nitrogen and oxygen atoms in total. The molecule has 0 saturated carbocycles. The van der Waals surface area contributed by atoms with Crippen LogP contribution < -0.4 is 0 Å². The van der Waals surface area contributed by atoms with Crippen molar-refractivity contribution >= 4 is 17.9 Å². The number of rotatable bonds is 58. The zero-order valence-corrected chi connectivity index (χ0v) is 49.6. The van der Waals surface area contributed by atoms with Crippen molar-refractivity contribution < 1.29 is 28.6 Å². The third kappa shape index (κ3) is 61.3. The smallest absolute Gasteiger partial charge is 0.306 e. The van der Waals surface area contributed by atoms with E-state index in [0.717, 1.165) is 103 Å². The van der Waals surface area contributed by atoms with Crippen LogP contribution in [0, 0.1) is 0 Å². The van der Waals surface area contributed by atoms with E-state index in [1.807, 2.05) is 0 Å². The van der Waals surface area contributed by atoms with Crippen molar-refractivity contribution in [3.05, 3.63) is 85.1 Å². The quantitative estimate of drug-likeness (QED) is 0.0261. The van der Waals surface area contributed by atoms with Gasteiger partial charge in [-0.15, -0.1) is 0 Å². The summed E-state index contributed by atoms with van der Waals surface area (Å²) in [5.74, 6) is -0.890. The molecule has 0 aliphatic rings. The van der Waals surface area contributed by atoms with Crippen LogP contribution in [-0.2, 0) is 28.6 Å². The van der Waals surface area contributed by atoms with Gasteiger partial charge in [0.05, 0.1) is 0 Å². The Balaban J connectivity index is 4.34. The molecule has 1 atom stereocenters. The fraction of sp³-hybridized carbons (Fsp3) is 0.754. The van der Waals surface area contributed by atoms with E-state index in [-0.39, 0.29) is 31.1 Å². The highest BCUT2D eigenvalue weighted by Crippen LogP contribution is 2.16. The molecular weight excluding hydrogens is 925 g/mol. The number of allylic oxidation sites excluding steroid dienone is 14. The Labute approximate surface area is 465 Å². The first-order valence-corrected chi connectivity index (χ1v) is 32.1. The highest BCUT2D eigenvalue weighted by molar-refractivity contribution is 5.71. The minimum atomic E-state index is -0.786. The van der Waals surface area contributed by atoms with Crippen LogP contribution in [0.5, 0.6) is 0 Å². The molecule has 75 heavy (non-hydrogen) atoms. The number of hydrogen-bond acceptors (Lipinski definition) is 6. The minimum absolute atomic E-state index is 0.0824. The van der Waals surface area contributed by atoms with Crippen molar-refractivity contribution in [2.75, 3.05) is 13.2 Å². The molecule has 0 aromatic rings. The maximum atomic E-state index is 12.9. The van der Waals surface area contributed by atoms with Gasteiger partial charge >= 0.3 is 17.9 Å². The Morgan fingerprint density at radius 1 is 0.280 bits per heavy atom. The van der Waals surface area contributed by atoms with Gasteiger partial charge in [0.25, 0.3) is 0 Å².